The third-order valence-electron chi connectivity index (χ3n) is 1.33. The van der Waals surface area contributed by atoms with Crippen LogP contribution in [-0.4, -0.2) is 35.0 Å². The summed E-state index contributed by atoms with van der Waals surface area (Å²) in [5, 5.41) is 39.4. The van der Waals surface area contributed by atoms with Gasteiger partial charge in [-0.3, -0.25) is 30.3 Å². The zero-order valence-electron chi connectivity index (χ0n) is 6.58. The van der Waals surface area contributed by atoms with Crippen molar-refractivity contribution in [1.29, 1.82) is 0 Å². The number of aromatic nitrogens is 4. The van der Waals surface area contributed by atoms with Crippen molar-refractivity contribution in [3.63, 3.8) is 0 Å². The van der Waals surface area contributed by atoms with Gasteiger partial charge >= 0.3 is 5.91 Å². The molecule has 0 aliphatic heterocycles. The van der Waals surface area contributed by atoms with Crippen LogP contribution in [0.4, 0.5) is 0 Å². The van der Waals surface area contributed by atoms with Gasteiger partial charge in [0.15, 0.2) is 0 Å². The minimum absolute atomic E-state index is 0.285. The van der Waals surface area contributed by atoms with Crippen LogP contribution in [0.3, 0.4) is 0 Å². The first-order valence-corrected chi connectivity index (χ1v) is 3.04. The topological polar surface area (TPSA) is 173 Å². The number of hydrogen-bond acceptors (Lipinski definition) is 9. The molecule has 15 heavy (non-hydrogen) atoms. The molecule has 1 radical (unpaired) electrons. The van der Waals surface area contributed by atoms with E-state index >= 15 is 0 Å². The Labute approximate surface area is 78.7 Å². The number of tetrazole rings is 1. The Hall–Kier alpha value is -2.73. The minimum atomic E-state index is -3.89. The first-order valence-electron chi connectivity index (χ1n) is 3.04. The Morgan fingerprint density at radius 1 is 1.07 bits per heavy atom. The average Bonchev–Trinajstić information content (AvgIpc) is 2.55. The molecule has 0 saturated heterocycles. The Morgan fingerprint density at radius 2 is 1.53 bits per heavy atom. The number of hydrogen-bond donors (Lipinski definition) is 0. The monoisotopic (exact) mass is 218 g/mol. The first-order chi connectivity index (χ1) is 6.94. The van der Waals surface area contributed by atoms with Crippen LogP contribution in [0.2, 0.25) is 0 Å². The van der Waals surface area contributed by atoms with E-state index in [1.807, 2.05) is 0 Å². The van der Waals surface area contributed by atoms with Crippen molar-refractivity contribution >= 4 is 0 Å². The summed E-state index contributed by atoms with van der Waals surface area (Å²) in [4.78, 5) is 26.0. The van der Waals surface area contributed by atoms with Crippen molar-refractivity contribution < 1.29 is 14.8 Å². The van der Waals surface area contributed by atoms with Crippen molar-refractivity contribution in [3.8, 4) is 0 Å². The van der Waals surface area contributed by atoms with E-state index in [0.29, 0.717) is 0 Å². The Balaban J connectivity index is 3.47. The molecule has 1 aromatic rings. The number of nitrogens with zero attached hydrogens (tertiary/aromatic N) is 7. The van der Waals surface area contributed by atoms with Crippen molar-refractivity contribution in [1.82, 2.24) is 20.2 Å². The summed E-state index contributed by atoms with van der Waals surface area (Å²) in [6.45, 7) is 0. The highest BCUT2D eigenvalue weighted by molar-refractivity contribution is 4.50. The van der Waals surface area contributed by atoms with Crippen LogP contribution in [0.1, 0.15) is 0 Å². The fourth-order valence-corrected chi connectivity index (χ4v) is 0.701. The fraction of sp³-hybridized carbons (Fsp3) is 0.500. The highest BCUT2D eigenvalue weighted by Gasteiger charge is 2.75. The van der Waals surface area contributed by atoms with E-state index in [2.05, 4.69) is 15.5 Å². The Kier molecular flexibility index (Phi) is 2.21. The van der Waals surface area contributed by atoms with E-state index in [9.17, 15) is 30.3 Å². The molecule has 1 aromatic heterocycles. The Morgan fingerprint density at radius 3 is 1.80 bits per heavy atom. The second-order valence-electron chi connectivity index (χ2n) is 2.06. The maximum Gasteiger partial charge on any atom is 0.824 e. The van der Waals surface area contributed by atoms with Gasteiger partial charge in [-0.15, -0.1) is 5.10 Å². The SMILES string of the molecule is O=[N+]([O-])C(n1[c]nnn1)([N+](=O)[O-])[N+](=O)[O-]. The van der Waals surface area contributed by atoms with Crippen LogP contribution in [0.15, 0.2) is 0 Å². The van der Waals surface area contributed by atoms with Crippen LogP contribution in [0, 0.1) is 36.7 Å². The van der Waals surface area contributed by atoms with Gasteiger partial charge in [0.05, 0.1) is 0 Å². The molecular weight excluding hydrogens is 218 g/mol. The summed E-state index contributed by atoms with van der Waals surface area (Å²) in [7, 11) is 0. The minimum Gasteiger partial charge on any atom is -0.251 e. The van der Waals surface area contributed by atoms with E-state index in [-0.39, 0.29) is 4.68 Å². The third kappa shape index (κ3) is 1.21. The maximum atomic E-state index is 10.4. The largest absolute Gasteiger partial charge is 0.824 e. The van der Waals surface area contributed by atoms with Gasteiger partial charge in [0.2, 0.25) is 21.1 Å². The smallest absolute Gasteiger partial charge is 0.251 e. The zero-order valence-corrected chi connectivity index (χ0v) is 6.58. The molecule has 1 rings (SSSR count). The van der Waals surface area contributed by atoms with E-state index in [1.54, 1.807) is 6.33 Å². The molecular formula is C2N7O6. The molecule has 0 N–H and O–H groups in total. The van der Waals surface area contributed by atoms with Crippen molar-refractivity contribution in [2.24, 2.45) is 0 Å². The van der Waals surface area contributed by atoms with Gasteiger partial charge in [-0.25, -0.2) is 0 Å². The predicted molar refractivity (Wildman–Crippen MR) is 35.6 cm³/mol. The zero-order chi connectivity index (χ0) is 11.6. The van der Waals surface area contributed by atoms with Gasteiger partial charge in [-0.05, 0) is 15.1 Å². The van der Waals surface area contributed by atoms with E-state index < -0.39 is 20.7 Å². The third-order valence-corrected chi connectivity index (χ3v) is 1.33. The summed E-state index contributed by atoms with van der Waals surface area (Å²) >= 11 is 0. The van der Waals surface area contributed by atoms with Crippen LogP contribution in [0.5, 0.6) is 0 Å². The second-order valence-corrected chi connectivity index (χ2v) is 2.06. The molecule has 0 aliphatic rings. The molecule has 0 amide bonds. The van der Waals surface area contributed by atoms with Gasteiger partial charge < -0.3 is 0 Å². The standard InChI is InChI=1S/C2N7O6/c10-7(11)2(8(12)13,9(14)15)6-1-3-4-5-6. The quantitative estimate of drug-likeness (QED) is 0.310. The molecule has 0 spiro atoms. The lowest BCUT2D eigenvalue weighted by Crippen LogP contribution is -2.55. The summed E-state index contributed by atoms with van der Waals surface area (Å²) < 4.78 is -0.285. The summed E-state index contributed by atoms with van der Waals surface area (Å²) in [6.07, 6.45) is 1.54. The van der Waals surface area contributed by atoms with E-state index in [0.717, 1.165) is 0 Å². The molecule has 0 saturated carbocycles. The molecule has 0 atom stereocenters. The second kappa shape index (κ2) is 3.20. The lowest BCUT2D eigenvalue weighted by atomic mass is 10.7. The first kappa shape index (κ1) is 10.4. The van der Waals surface area contributed by atoms with Crippen LogP contribution < -0.4 is 0 Å². The van der Waals surface area contributed by atoms with Crippen molar-refractivity contribution in [2.45, 2.75) is 5.91 Å². The molecule has 13 nitrogen and oxygen atoms in total. The van der Waals surface area contributed by atoms with Gasteiger partial charge in [-0.1, -0.05) is 0 Å². The maximum absolute atomic E-state index is 10.4. The lowest BCUT2D eigenvalue weighted by molar-refractivity contribution is -1.01. The van der Waals surface area contributed by atoms with Crippen LogP contribution in [0.25, 0.3) is 0 Å². The summed E-state index contributed by atoms with van der Waals surface area (Å²) in [6, 6.07) is 0. The molecule has 0 bridgehead atoms. The normalized spacial score (nSPS) is 10.9. The van der Waals surface area contributed by atoms with Crippen molar-refractivity contribution in [3.05, 3.63) is 36.7 Å². The summed E-state index contributed by atoms with van der Waals surface area (Å²) in [5.41, 5.74) is 0. The van der Waals surface area contributed by atoms with Crippen LogP contribution in [-0.2, 0) is 5.91 Å². The highest BCUT2D eigenvalue weighted by Crippen LogP contribution is 2.16. The van der Waals surface area contributed by atoms with Gasteiger partial charge in [0.25, 0.3) is 0 Å². The van der Waals surface area contributed by atoms with Gasteiger partial charge in [0.1, 0.15) is 0 Å². The van der Waals surface area contributed by atoms with Crippen LogP contribution >= 0.6 is 0 Å². The average molecular weight is 218 g/mol. The van der Waals surface area contributed by atoms with Crippen molar-refractivity contribution in [2.75, 3.05) is 0 Å². The van der Waals surface area contributed by atoms with Gasteiger partial charge in [0, 0.05) is 0 Å². The fourth-order valence-electron chi connectivity index (χ4n) is 0.701. The molecule has 0 aromatic carbocycles. The van der Waals surface area contributed by atoms with Gasteiger partial charge in [-0.2, -0.15) is 0 Å². The highest BCUT2D eigenvalue weighted by atomic mass is 16.7. The molecule has 0 unspecified atom stereocenters. The molecule has 1 heterocycles. The lowest BCUT2D eigenvalue weighted by Gasteiger charge is -2.05. The molecule has 0 aliphatic carbocycles. The number of rotatable bonds is 4. The summed E-state index contributed by atoms with van der Waals surface area (Å²) in [5.74, 6) is -3.89. The predicted octanol–water partition coefficient (Wildman–Crippen LogP) is -2.13. The molecule has 79 valence electrons. The van der Waals surface area contributed by atoms with E-state index in [1.165, 1.54) is 0 Å². The molecule has 13 heteroatoms. The number of nitro groups is 3. The molecule has 0 fully saturated rings. The Bertz CT molecular complexity index is 373. The van der Waals surface area contributed by atoms with E-state index in [4.69, 9.17) is 0 Å².